The van der Waals surface area contributed by atoms with Crippen LogP contribution in [0.15, 0.2) is 37.2 Å². The van der Waals surface area contributed by atoms with Crippen LogP contribution >= 0.6 is 11.8 Å². The lowest BCUT2D eigenvalue weighted by molar-refractivity contribution is 0.204. The van der Waals surface area contributed by atoms with Crippen LogP contribution in [0.4, 0.5) is 0 Å². The molecular formula is C11H16N2S. The molecule has 2 saturated heterocycles. The molecular weight excluding hydrogens is 192 g/mol. The second-order valence-electron chi connectivity index (χ2n) is 3.85. The van der Waals surface area contributed by atoms with Gasteiger partial charge in [-0.1, -0.05) is 25.3 Å². The van der Waals surface area contributed by atoms with E-state index in [1.807, 2.05) is 11.8 Å². The molecule has 0 aliphatic carbocycles. The molecule has 76 valence electrons. The van der Waals surface area contributed by atoms with E-state index in [0.29, 0.717) is 16.7 Å². The lowest BCUT2D eigenvalue weighted by Crippen LogP contribution is -2.57. The Morgan fingerprint density at radius 2 is 2.43 bits per heavy atom. The van der Waals surface area contributed by atoms with Gasteiger partial charge in [0.15, 0.2) is 0 Å². The van der Waals surface area contributed by atoms with E-state index in [2.05, 4.69) is 36.9 Å². The Labute approximate surface area is 89.7 Å². The molecule has 0 radical (unpaired) electrons. The zero-order chi connectivity index (χ0) is 10.3. The topological polar surface area (TPSA) is 15.3 Å². The van der Waals surface area contributed by atoms with E-state index >= 15 is 0 Å². The first-order valence-electron chi connectivity index (χ1n) is 4.78. The summed E-state index contributed by atoms with van der Waals surface area (Å²) in [5, 5.41) is 4.33. The average molecular weight is 208 g/mol. The third-order valence-corrected chi connectivity index (χ3v) is 4.52. The van der Waals surface area contributed by atoms with Gasteiger partial charge < -0.3 is 10.2 Å². The van der Waals surface area contributed by atoms with Crippen LogP contribution in [-0.4, -0.2) is 28.1 Å². The highest BCUT2D eigenvalue weighted by Crippen LogP contribution is 2.46. The van der Waals surface area contributed by atoms with Crippen molar-refractivity contribution in [3.63, 3.8) is 0 Å². The molecule has 2 rings (SSSR count). The zero-order valence-electron chi connectivity index (χ0n) is 8.49. The van der Waals surface area contributed by atoms with E-state index in [0.717, 1.165) is 6.54 Å². The fraction of sp³-hybridized carbons (Fsp3) is 0.455. The monoisotopic (exact) mass is 208 g/mol. The third-order valence-electron chi connectivity index (χ3n) is 2.83. The maximum absolute atomic E-state index is 4.07. The maximum atomic E-state index is 4.07. The van der Waals surface area contributed by atoms with Gasteiger partial charge in [-0.25, -0.2) is 0 Å². The van der Waals surface area contributed by atoms with Gasteiger partial charge in [-0.15, -0.1) is 11.8 Å². The lowest BCUT2D eigenvalue weighted by Gasteiger charge is -2.46. The molecule has 0 saturated carbocycles. The molecule has 2 fully saturated rings. The number of hydrogen-bond donors (Lipinski definition) is 1. The van der Waals surface area contributed by atoms with Crippen molar-refractivity contribution in [1.82, 2.24) is 10.2 Å². The van der Waals surface area contributed by atoms with Gasteiger partial charge in [0.2, 0.25) is 0 Å². The van der Waals surface area contributed by atoms with Crippen LogP contribution in [0, 0.1) is 0 Å². The summed E-state index contributed by atoms with van der Waals surface area (Å²) >= 11 is 1.98. The Kier molecular flexibility index (Phi) is 2.35. The van der Waals surface area contributed by atoms with Gasteiger partial charge in [-0.05, 0) is 13.1 Å². The predicted molar refractivity (Wildman–Crippen MR) is 62.9 cm³/mol. The quantitative estimate of drug-likeness (QED) is 0.714. The fourth-order valence-corrected chi connectivity index (χ4v) is 3.52. The van der Waals surface area contributed by atoms with E-state index < -0.39 is 0 Å². The van der Waals surface area contributed by atoms with E-state index in [-0.39, 0.29) is 0 Å². The molecule has 0 bridgehead atoms. The summed E-state index contributed by atoms with van der Waals surface area (Å²) in [4.78, 5) is 2.35. The minimum atomic E-state index is 0.377. The fourth-order valence-electron chi connectivity index (χ4n) is 1.95. The van der Waals surface area contributed by atoms with Crippen molar-refractivity contribution in [2.75, 3.05) is 6.54 Å². The van der Waals surface area contributed by atoms with E-state index in [1.165, 1.54) is 11.3 Å². The number of nitrogens with zero attached hydrogens (tertiary/aromatic N) is 1. The first-order chi connectivity index (χ1) is 6.65. The van der Waals surface area contributed by atoms with Crippen molar-refractivity contribution in [3.05, 3.63) is 37.2 Å². The summed E-state index contributed by atoms with van der Waals surface area (Å²) in [6, 6.07) is 0.377. The molecule has 1 N–H and O–H groups in total. The molecule has 3 atom stereocenters. The number of rotatable bonds is 3. The average Bonchev–Trinajstić information content (AvgIpc) is 2.54. The van der Waals surface area contributed by atoms with E-state index in [4.69, 9.17) is 0 Å². The van der Waals surface area contributed by atoms with Gasteiger partial charge in [0.05, 0.1) is 6.04 Å². The van der Waals surface area contributed by atoms with Crippen molar-refractivity contribution in [2.24, 2.45) is 0 Å². The van der Waals surface area contributed by atoms with Crippen molar-refractivity contribution in [3.8, 4) is 0 Å². The lowest BCUT2D eigenvalue weighted by atomic mass is 10.0. The maximum Gasteiger partial charge on any atom is 0.101 e. The highest BCUT2D eigenvalue weighted by atomic mass is 32.2. The highest BCUT2D eigenvalue weighted by molar-refractivity contribution is 8.01. The summed E-state index contributed by atoms with van der Waals surface area (Å²) in [6.07, 6.45) is 1.75. The number of nitrogens with one attached hydrogen (secondary N) is 1. The molecule has 0 aromatic rings. The van der Waals surface area contributed by atoms with Crippen LogP contribution in [0.1, 0.15) is 6.92 Å². The summed E-state index contributed by atoms with van der Waals surface area (Å²) in [5.41, 5.74) is 2.45. The van der Waals surface area contributed by atoms with Gasteiger partial charge in [0.25, 0.3) is 0 Å². The number of hydrogen-bond acceptors (Lipinski definition) is 3. The number of fused-ring (bicyclic) bond motifs is 1. The third kappa shape index (κ3) is 1.27. The highest BCUT2D eigenvalue weighted by Gasteiger charge is 2.48. The molecule has 0 aromatic carbocycles. The van der Waals surface area contributed by atoms with Gasteiger partial charge in [0, 0.05) is 17.5 Å². The van der Waals surface area contributed by atoms with Gasteiger partial charge in [0.1, 0.15) is 5.37 Å². The van der Waals surface area contributed by atoms with Crippen LogP contribution in [0.3, 0.4) is 0 Å². The molecule has 2 nitrogen and oxygen atoms in total. The molecule has 0 spiro atoms. The first-order valence-corrected chi connectivity index (χ1v) is 5.72. The van der Waals surface area contributed by atoms with Gasteiger partial charge in [-0.2, -0.15) is 0 Å². The van der Waals surface area contributed by atoms with Crippen LogP contribution in [0.25, 0.3) is 0 Å². The zero-order valence-corrected chi connectivity index (χ0v) is 9.31. The summed E-state index contributed by atoms with van der Waals surface area (Å²) in [7, 11) is 0. The second-order valence-corrected chi connectivity index (χ2v) is 5.18. The van der Waals surface area contributed by atoms with E-state index in [1.54, 1.807) is 6.20 Å². The molecule has 0 amide bonds. The minimum Gasteiger partial charge on any atom is -0.381 e. The van der Waals surface area contributed by atoms with Crippen LogP contribution in [0.5, 0.6) is 0 Å². The van der Waals surface area contributed by atoms with Gasteiger partial charge in [-0.3, -0.25) is 0 Å². The van der Waals surface area contributed by atoms with Crippen molar-refractivity contribution < 1.29 is 0 Å². The van der Waals surface area contributed by atoms with Crippen molar-refractivity contribution in [2.45, 2.75) is 23.6 Å². The first kappa shape index (κ1) is 9.71. The molecule has 3 heteroatoms. The Bertz CT molecular complexity index is 298. The molecule has 2 aliphatic heterocycles. The standard InChI is InChI=1S/C11H16N2S/c1-5-12-10-8(4)13-6-9(7(2)3)14-11(10)13/h5,9-12H,1-2,4,6H2,3H3/t9-,10-,11?/m1/s1. The molecule has 2 aliphatic rings. The Balaban J connectivity index is 2.03. The van der Waals surface area contributed by atoms with Crippen LogP contribution in [0.2, 0.25) is 0 Å². The summed E-state index contributed by atoms with van der Waals surface area (Å²) in [6.45, 7) is 14.9. The van der Waals surface area contributed by atoms with Gasteiger partial charge >= 0.3 is 0 Å². The molecule has 2 heterocycles. The Morgan fingerprint density at radius 3 is 3.00 bits per heavy atom. The molecule has 0 aromatic heterocycles. The smallest absolute Gasteiger partial charge is 0.101 e. The van der Waals surface area contributed by atoms with Crippen LogP contribution < -0.4 is 5.32 Å². The molecule has 14 heavy (non-hydrogen) atoms. The van der Waals surface area contributed by atoms with Crippen molar-refractivity contribution in [1.29, 1.82) is 0 Å². The summed E-state index contributed by atoms with van der Waals surface area (Å²) in [5.74, 6) is 0. The largest absolute Gasteiger partial charge is 0.381 e. The van der Waals surface area contributed by atoms with Crippen molar-refractivity contribution >= 4 is 11.8 Å². The minimum absolute atomic E-state index is 0.377. The SMILES string of the molecule is C=CN[C@@H]1C(=C)N2C[C@H](C(=C)C)SC12. The number of thioether (sulfide) groups is 1. The molecule has 1 unspecified atom stereocenters. The normalized spacial score (nSPS) is 34.8. The van der Waals surface area contributed by atoms with E-state index in [9.17, 15) is 0 Å². The second kappa shape index (κ2) is 3.39. The Hall–Kier alpha value is -0.830. The Morgan fingerprint density at radius 1 is 1.71 bits per heavy atom. The summed E-state index contributed by atoms with van der Waals surface area (Å²) < 4.78 is 0. The van der Waals surface area contributed by atoms with Crippen LogP contribution in [-0.2, 0) is 0 Å². The predicted octanol–water partition coefficient (Wildman–Crippen LogP) is 1.93.